The Morgan fingerprint density at radius 1 is 0.935 bits per heavy atom. The Balaban J connectivity index is 1.56. The van der Waals surface area contributed by atoms with Crippen molar-refractivity contribution < 1.29 is 14.3 Å². The Morgan fingerprint density at radius 2 is 1.77 bits per heavy atom. The van der Waals surface area contributed by atoms with E-state index >= 15 is 0 Å². The minimum absolute atomic E-state index is 0.0421. The van der Waals surface area contributed by atoms with Crippen LogP contribution in [0.1, 0.15) is 20.8 Å². The molecule has 2 aromatic heterocycles. The van der Waals surface area contributed by atoms with Crippen molar-refractivity contribution in [2.45, 2.75) is 0 Å². The number of hydrogen-bond acceptors (Lipinski definition) is 7. The molecule has 4 aromatic rings. The second kappa shape index (κ2) is 8.72. The van der Waals surface area contributed by atoms with E-state index in [2.05, 4.69) is 30.8 Å². The Bertz CT molecular complexity index is 1300. The molecule has 2 heterocycles. The first-order valence-corrected chi connectivity index (χ1v) is 9.47. The predicted octanol–water partition coefficient (Wildman–Crippen LogP) is 3.48. The van der Waals surface area contributed by atoms with Gasteiger partial charge in [-0.05, 0) is 36.4 Å². The van der Waals surface area contributed by atoms with Crippen LogP contribution >= 0.6 is 11.6 Å². The summed E-state index contributed by atoms with van der Waals surface area (Å²) >= 11 is 5.93. The lowest BCUT2D eigenvalue weighted by molar-refractivity contribution is 0.0957. The van der Waals surface area contributed by atoms with Crippen molar-refractivity contribution in [1.29, 1.82) is 0 Å². The van der Waals surface area contributed by atoms with Gasteiger partial charge < -0.3 is 10.1 Å². The van der Waals surface area contributed by atoms with Gasteiger partial charge in [0.2, 0.25) is 5.95 Å². The zero-order chi connectivity index (χ0) is 21.8. The molecule has 154 valence electrons. The predicted molar refractivity (Wildman–Crippen MR) is 114 cm³/mol. The van der Waals surface area contributed by atoms with Crippen molar-refractivity contribution in [3.05, 3.63) is 77.1 Å². The van der Waals surface area contributed by atoms with E-state index in [1.165, 1.54) is 19.3 Å². The molecule has 0 radical (unpaired) electrons. The number of aromatic nitrogens is 4. The van der Waals surface area contributed by atoms with Gasteiger partial charge in [-0.25, -0.2) is 4.98 Å². The summed E-state index contributed by atoms with van der Waals surface area (Å²) in [6, 6.07) is 14.7. The first kappa shape index (κ1) is 20.2. The lowest BCUT2D eigenvalue weighted by Crippen LogP contribution is -2.18. The number of halogens is 1. The first-order chi connectivity index (χ1) is 15.0. The summed E-state index contributed by atoms with van der Waals surface area (Å²) in [4.78, 5) is 32.5. The summed E-state index contributed by atoms with van der Waals surface area (Å²) < 4.78 is 5.82. The van der Waals surface area contributed by atoms with E-state index in [-0.39, 0.29) is 17.5 Å². The van der Waals surface area contributed by atoms with Crippen LogP contribution in [0, 0.1) is 0 Å². The summed E-state index contributed by atoms with van der Waals surface area (Å²) in [5, 5.41) is 13.6. The van der Waals surface area contributed by atoms with Gasteiger partial charge in [-0.1, -0.05) is 17.7 Å². The summed E-state index contributed by atoms with van der Waals surface area (Å²) in [6.07, 6.45) is 1.48. The van der Waals surface area contributed by atoms with Gasteiger partial charge in [-0.2, -0.15) is 0 Å². The highest BCUT2D eigenvalue weighted by atomic mass is 35.5. The third-order valence-electron chi connectivity index (χ3n) is 4.16. The molecule has 9 nitrogen and oxygen atoms in total. The van der Waals surface area contributed by atoms with Crippen molar-refractivity contribution in [3.63, 3.8) is 0 Å². The highest BCUT2D eigenvalue weighted by molar-refractivity contribution is 6.31. The number of nitrogens with zero attached hydrogens (tertiary/aromatic N) is 4. The van der Waals surface area contributed by atoms with E-state index in [4.69, 9.17) is 16.3 Å². The number of anilines is 1. The SMILES string of the molecule is CNC(=O)c1cc(Oc2ccc3nnc(NC(=O)c4cccc(Cl)c4)nc3c2)ccn1. The topological polar surface area (TPSA) is 119 Å². The van der Waals surface area contributed by atoms with E-state index in [1.54, 1.807) is 48.5 Å². The van der Waals surface area contributed by atoms with Crippen LogP contribution in [0.4, 0.5) is 5.95 Å². The number of carbonyl (C=O) groups is 2. The molecule has 2 N–H and O–H groups in total. The second-order valence-corrected chi connectivity index (χ2v) is 6.74. The van der Waals surface area contributed by atoms with Crippen molar-refractivity contribution in [2.24, 2.45) is 0 Å². The number of benzene rings is 2. The van der Waals surface area contributed by atoms with Crippen LogP contribution in [0.5, 0.6) is 11.5 Å². The normalized spacial score (nSPS) is 10.5. The molecule has 0 fully saturated rings. The highest BCUT2D eigenvalue weighted by Gasteiger charge is 2.11. The lowest BCUT2D eigenvalue weighted by atomic mass is 10.2. The molecular weight excluding hydrogens is 420 g/mol. The third kappa shape index (κ3) is 4.73. The zero-order valence-corrected chi connectivity index (χ0v) is 16.9. The van der Waals surface area contributed by atoms with Gasteiger partial charge >= 0.3 is 0 Å². The minimum Gasteiger partial charge on any atom is -0.457 e. The molecule has 0 spiro atoms. The average Bonchev–Trinajstić information content (AvgIpc) is 2.78. The molecule has 0 atom stereocenters. The van der Waals surface area contributed by atoms with Crippen LogP contribution in [0.15, 0.2) is 60.8 Å². The molecule has 2 amide bonds. The monoisotopic (exact) mass is 434 g/mol. The van der Waals surface area contributed by atoms with Gasteiger partial charge in [0.15, 0.2) is 0 Å². The number of hydrogen-bond donors (Lipinski definition) is 2. The van der Waals surface area contributed by atoms with Crippen LogP contribution in [-0.4, -0.2) is 39.0 Å². The lowest BCUT2D eigenvalue weighted by Gasteiger charge is -2.08. The molecule has 0 saturated carbocycles. The van der Waals surface area contributed by atoms with Gasteiger partial charge in [0, 0.05) is 36.0 Å². The van der Waals surface area contributed by atoms with E-state index in [9.17, 15) is 9.59 Å². The van der Waals surface area contributed by atoms with Gasteiger partial charge in [-0.15, -0.1) is 10.2 Å². The summed E-state index contributed by atoms with van der Waals surface area (Å²) in [7, 11) is 1.52. The number of pyridine rings is 1. The van der Waals surface area contributed by atoms with Crippen LogP contribution in [0.3, 0.4) is 0 Å². The molecule has 10 heteroatoms. The van der Waals surface area contributed by atoms with Gasteiger partial charge in [0.1, 0.15) is 22.7 Å². The van der Waals surface area contributed by atoms with Crippen LogP contribution < -0.4 is 15.4 Å². The maximum Gasteiger partial charge on any atom is 0.269 e. The quantitative estimate of drug-likeness (QED) is 0.493. The van der Waals surface area contributed by atoms with E-state index in [1.807, 2.05) is 0 Å². The van der Waals surface area contributed by atoms with E-state index in [0.717, 1.165) is 0 Å². The maximum absolute atomic E-state index is 12.4. The Morgan fingerprint density at radius 3 is 2.58 bits per heavy atom. The number of rotatable bonds is 5. The van der Waals surface area contributed by atoms with Crippen LogP contribution in [0.25, 0.3) is 11.0 Å². The number of nitrogens with one attached hydrogen (secondary N) is 2. The number of fused-ring (bicyclic) bond motifs is 1. The fourth-order valence-electron chi connectivity index (χ4n) is 2.70. The molecular formula is C21H15ClN6O3. The Hall–Kier alpha value is -4.11. The van der Waals surface area contributed by atoms with Crippen LogP contribution in [0.2, 0.25) is 5.02 Å². The van der Waals surface area contributed by atoms with Crippen molar-refractivity contribution in [3.8, 4) is 11.5 Å². The average molecular weight is 435 g/mol. The van der Waals surface area contributed by atoms with Crippen LogP contribution in [-0.2, 0) is 0 Å². The number of carbonyl (C=O) groups excluding carboxylic acids is 2. The van der Waals surface area contributed by atoms with Crippen molar-refractivity contribution >= 4 is 40.4 Å². The molecule has 0 aliphatic heterocycles. The Labute approximate surface area is 181 Å². The van der Waals surface area contributed by atoms with E-state index in [0.29, 0.717) is 33.1 Å². The maximum atomic E-state index is 12.4. The van der Waals surface area contributed by atoms with E-state index < -0.39 is 5.91 Å². The molecule has 0 bridgehead atoms. The Kier molecular flexibility index (Phi) is 5.67. The van der Waals surface area contributed by atoms with Crippen molar-refractivity contribution in [2.75, 3.05) is 12.4 Å². The highest BCUT2D eigenvalue weighted by Crippen LogP contribution is 2.24. The zero-order valence-electron chi connectivity index (χ0n) is 16.2. The summed E-state index contributed by atoms with van der Waals surface area (Å²) in [5.41, 5.74) is 1.59. The number of amides is 2. The molecule has 2 aromatic carbocycles. The molecule has 0 saturated heterocycles. The van der Waals surface area contributed by atoms with Gasteiger partial charge in [0.05, 0.1) is 5.52 Å². The minimum atomic E-state index is -0.408. The number of ether oxygens (including phenoxy) is 1. The smallest absolute Gasteiger partial charge is 0.269 e. The molecule has 31 heavy (non-hydrogen) atoms. The largest absolute Gasteiger partial charge is 0.457 e. The second-order valence-electron chi connectivity index (χ2n) is 6.31. The standard InChI is InChI=1S/C21H15ClN6O3/c1-23-20(30)18-11-15(7-8-24-18)31-14-5-6-16-17(10-14)25-21(28-27-16)26-19(29)12-3-2-4-13(22)9-12/h2-11H,1H3,(H,23,30)(H,25,26,28,29). The fourth-order valence-corrected chi connectivity index (χ4v) is 2.89. The third-order valence-corrected chi connectivity index (χ3v) is 4.40. The molecule has 0 unspecified atom stereocenters. The first-order valence-electron chi connectivity index (χ1n) is 9.09. The summed E-state index contributed by atoms with van der Waals surface area (Å²) in [6.45, 7) is 0. The van der Waals surface area contributed by atoms with Gasteiger partial charge in [-0.3, -0.25) is 19.9 Å². The summed E-state index contributed by atoms with van der Waals surface area (Å²) in [5.74, 6) is 0.217. The fraction of sp³-hybridized carbons (Fsp3) is 0.0476. The molecule has 4 rings (SSSR count). The van der Waals surface area contributed by atoms with Crippen molar-refractivity contribution in [1.82, 2.24) is 25.5 Å². The molecule has 0 aliphatic carbocycles. The van der Waals surface area contributed by atoms with Gasteiger partial charge in [0.25, 0.3) is 11.8 Å². The molecule has 0 aliphatic rings.